The molecule has 1 atom stereocenters. The standard InChI is InChI=1S/C18H17F4N3O3/c1-9-6-12(4-5-13(9)19)24-16(27)14-7-11(8-25(14)3)15(26)17(28)23-10(2)18(20,21)22/h4-8,10H,1-3H3,(H,23,28)(H,24,27). The Labute approximate surface area is 157 Å². The lowest BCUT2D eigenvalue weighted by molar-refractivity contribution is -0.156. The summed E-state index contributed by atoms with van der Waals surface area (Å²) in [6, 6.07) is 2.83. The molecule has 1 unspecified atom stereocenters. The van der Waals surface area contributed by atoms with Gasteiger partial charge in [-0.15, -0.1) is 0 Å². The highest BCUT2D eigenvalue weighted by atomic mass is 19.4. The molecule has 0 saturated heterocycles. The van der Waals surface area contributed by atoms with E-state index >= 15 is 0 Å². The summed E-state index contributed by atoms with van der Waals surface area (Å²) in [5.41, 5.74) is 0.377. The van der Waals surface area contributed by atoms with E-state index in [1.807, 2.05) is 0 Å². The molecule has 0 saturated carbocycles. The summed E-state index contributed by atoms with van der Waals surface area (Å²) in [5, 5.41) is 4.08. The zero-order chi connectivity index (χ0) is 21.2. The summed E-state index contributed by atoms with van der Waals surface area (Å²) in [6.07, 6.45) is -3.53. The Morgan fingerprint density at radius 3 is 2.36 bits per heavy atom. The van der Waals surface area contributed by atoms with Gasteiger partial charge in [-0.05, 0) is 43.7 Å². The van der Waals surface area contributed by atoms with Crippen molar-refractivity contribution in [1.29, 1.82) is 0 Å². The molecule has 6 nitrogen and oxygen atoms in total. The maximum atomic E-state index is 13.3. The van der Waals surface area contributed by atoms with Crippen LogP contribution in [0.25, 0.3) is 0 Å². The number of carbonyl (C=O) groups is 3. The molecule has 0 aliphatic carbocycles. The molecule has 1 heterocycles. The monoisotopic (exact) mass is 399 g/mol. The van der Waals surface area contributed by atoms with Crippen LogP contribution in [0.3, 0.4) is 0 Å². The molecule has 28 heavy (non-hydrogen) atoms. The van der Waals surface area contributed by atoms with E-state index in [-0.39, 0.29) is 11.3 Å². The van der Waals surface area contributed by atoms with Gasteiger partial charge in [0.2, 0.25) is 0 Å². The van der Waals surface area contributed by atoms with Gasteiger partial charge < -0.3 is 15.2 Å². The Balaban J connectivity index is 2.15. The van der Waals surface area contributed by atoms with E-state index in [0.29, 0.717) is 18.2 Å². The Morgan fingerprint density at radius 2 is 1.79 bits per heavy atom. The Hall–Kier alpha value is -3.17. The van der Waals surface area contributed by atoms with Crippen LogP contribution in [0.4, 0.5) is 23.2 Å². The van der Waals surface area contributed by atoms with Crippen molar-refractivity contribution in [3.63, 3.8) is 0 Å². The minimum atomic E-state index is -4.69. The number of aromatic nitrogens is 1. The van der Waals surface area contributed by atoms with Crippen LogP contribution in [0, 0.1) is 12.7 Å². The number of halogens is 4. The molecular weight excluding hydrogens is 382 g/mol. The minimum absolute atomic E-state index is 0.0120. The third-order valence-electron chi connectivity index (χ3n) is 3.96. The van der Waals surface area contributed by atoms with Crippen LogP contribution in [0.15, 0.2) is 30.5 Å². The van der Waals surface area contributed by atoms with Crippen LogP contribution in [0.1, 0.15) is 33.3 Å². The molecule has 0 aliphatic heterocycles. The summed E-state index contributed by atoms with van der Waals surface area (Å²) in [4.78, 5) is 36.2. The third-order valence-corrected chi connectivity index (χ3v) is 3.96. The molecule has 1 aromatic heterocycles. The normalized spacial score (nSPS) is 12.4. The Bertz CT molecular complexity index is 935. The first-order valence-electron chi connectivity index (χ1n) is 8.06. The molecule has 150 valence electrons. The molecule has 0 spiro atoms. The number of hydrogen-bond donors (Lipinski definition) is 2. The van der Waals surface area contributed by atoms with Crippen LogP contribution < -0.4 is 10.6 Å². The first-order valence-corrected chi connectivity index (χ1v) is 8.06. The molecule has 2 amide bonds. The number of ketones is 1. The van der Waals surface area contributed by atoms with E-state index in [1.165, 1.54) is 36.7 Å². The zero-order valence-corrected chi connectivity index (χ0v) is 15.1. The summed E-state index contributed by atoms with van der Waals surface area (Å²) >= 11 is 0. The van der Waals surface area contributed by atoms with E-state index in [1.54, 1.807) is 5.32 Å². The van der Waals surface area contributed by atoms with Crippen LogP contribution in [-0.2, 0) is 11.8 Å². The molecule has 2 N–H and O–H groups in total. The molecular formula is C18H17F4N3O3. The van der Waals surface area contributed by atoms with Crippen molar-refractivity contribution in [1.82, 2.24) is 9.88 Å². The van der Waals surface area contributed by atoms with Gasteiger partial charge in [-0.25, -0.2) is 4.39 Å². The van der Waals surface area contributed by atoms with Crippen molar-refractivity contribution in [2.24, 2.45) is 7.05 Å². The first kappa shape index (κ1) is 21.1. The van der Waals surface area contributed by atoms with Crippen molar-refractivity contribution < 1.29 is 31.9 Å². The molecule has 0 fully saturated rings. The highest BCUT2D eigenvalue weighted by molar-refractivity contribution is 6.43. The Kier molecular flexibility index (Phi) is 5.91. The molecule has 1 aromatic carbocycles. The number of alkyl halides is 3. The second kappa shape index (κ2) is 7.83. The van der Waals surface area contributed by atoms with Gasteiger partial charge in [-0.3, -0.25) is 14.4 Å². The number of amides is 2. The lowest BCUT2D eigenvalue weighted by Gasteiger charge is -2.16. The molecule has 0 radical (unpaired) electrons. The van der Waals surface area contributed by atoms with Gasteiger partial charge >= 0.3 is 6.18 Å². The van der Waals surface area contributed by atoms with E-state index in [4.69, 9.17) is 0 Å². The summed E-state index contributed by atoms with van der Waals surface area (Å²) in [7, 11) is 1.43. The molecule has 2 aromatic rings. The number of benzene rings is 1. The van der Waals surface area contributed by atoms with Crippen molar-refractivity contribution in [3.8, 4) is 0 Å². The number of nitrogens with zero attached hydrogens (tertiary/aromatic N) is 1. The average Bonchev–Trinajstić information content (AvgIpc) is 2.98. The summed E-state index contributed by atoms with van der Waals surface area (Å²) in [6.45, 7) is 2.23. The van der Waals surface area contributed by atoms with Crippen molar-refractivity contribution in [3.05, 3.63) is 53.1 Å². The zero-order valence-electron chi connectivity index (χ0n) is 15.1. The van der Waals surface area contributed by atoms with Crippen molar-refractivity contribution >= 4 is 23.3 Å². The van der Waals surface area contributed by atoms with E-state index in [2.05, 4.69) is 5.32 Å². The summed E-state index contributed by atoms with van der Waals surface area (Å²) in [5.74, 6) is -3.72. The second-order valence-electron chi connectivity index (χ2n) is 6.21. The number of aryl methyl sites for hydroxylation is 2. The molecule has 0 aliphatic rings. The fourth-order valence-electron chi connectivity index (χ4n) is 2.31. The number of carbonyl (C=O) groups excluding carboxylic acids is 3. The maximum Gasteiger partial charge on any atom is 0.408 e. The molecule has 0 bridgehead atoms. The lowest BCUT2D eigenvalue weighted by Crippen LogP contribution is -2.45. The van der Waals surface area contributed by atoms with E-state index in [0.717, 1.165) is 12.3 Å². The number of Topliss-reactive ketones (excluding diaryl/α,β-unsaturated/α-hetero) is 1. The van der Waals surface area contributed by atoms with Crippen LogP contribution in [0.5, 0.6) is 0 Å². The number of rotatable bonds is 5. The molecule has 10 heteroatoms. The van der Waals surface area contributed by atoms with Gasteiger partial charge in [0, 0.05) is 24.5 Å². The van der Waals surface area contributed by atoms with Crippen LogP contribution in [0.2, 0.25) is 0 Å². The van der Waals surface area contributed by atoms with Gasteiger partial charge in [0.25, 0.3) is 17.6 Å². The van der Waals surface area contributed by atoms with E-state index < -0.39 is 35.6 Å². The Morgan fingerprint density at radius 1 is 1.14 bits per heavy atom. The highest BCUT2D eigenvalue weighted by Crippen LogP contribution is 2.20. The second-order valence-corrected chi connectivity index (χ2v) is 6.21. The van der Waals surface area contributed by atoms with Crippen LogP contribution >= 0.6 is 0 Å². The summed E-state index contributed by atoms with van der Waals surface area (Å²) < 4.78 is 52.1. The largest absolute Gasteiger partial charge is 0.408 e. The topological polar surface area (TPSA) is 80.2 Å². The van der Waals surface area contributed by atoms with Crippen LogP contribution in [-0.4, -0.2) is 34.4 Å². The highest BCUT2D eigenvalue weighted by Gasteiger charge is 2.38. The maximum absolute atomic E-state index is 13.3. The van der Waals surface area contributed by atoms with E-state index in [9.17, 15) is 31.9 Å². The van der Waals surface area contributed by atoms with Crippen molar-refractivity contribution in [2.45, 2.75) is 26.1 Å². The van der Waals surface area contributed by atoms with Crippen molar-refractivity contribution in [2.75, 3.05) is 5.32 Å². The van der Waals surface area contributed by atoms with Gasteiger partial charge in [0.15, 0.2) is 0 Å². The fraction of sp³-hybridized carbons (Fsp3) is 0.278. The minimum Gasteiger partial charge on any atom is -0.346 e. The number of hydrogen-bond acceptors (Lipinski definition) is 3. The first-order chi connectivity index (χ1) is 12.9. The average molecular weight is 399 g/mol. The van der Waals surface area contributed by atoms with Gasteiger partial charge in [-0.2, -0.15) is 13.2 Å². The third kappa shape index (κ3) is 4.76. The van der Waals surface area contributed by atoms with Gasteiger partial charge in [0.1, 0.15) is 17.6 Å². The lowest BCUT2D eigenvalue weighted by atomic mass is 10.2. The number of nitrogens with one attached hydrogen (secondary N) is 2. The predicted molar refractivity (Wildman–Crippen MR) is 92.5 cm³/mol. The van der Waals surface area contributed by atoms with Gasteiger partial charge in [-0.1, -0.05) is 0 Å². The smallest absolute Gasteiger partial charge is 0.346 e. The van der Waals surface area contributed by atoms with Gasteiger partial charge in [0.05, 0.1) is 0 Å². The fourth-order valence-corrected chi connectivity index (χ4v) is 2.31. The SMILES string of the molecule is Cc1cc(NC(=O)c2cc(C(=O)C(=O)NC(C)C(F)(F)F)cn2C)ccc1F. The molecule has 2 rings (SSSR count). The predicted octanol–water partition coefficient (Wildman–Crippen LogP) is 2.97. The number of anilines is 1. The quantitative estimate of drug-likeness (QED) is 0.461.